The van der Waals surface area contributed by atoms with E-state index in [0.717, 1.165) is 43.6 Å². The molecule has 0 fully saturated rings. The van der Waals surface area contributed by atoms with Crippen molar-refractivity contribution >= 4 is 49.7 Å². The predicted molar refractivity (Wildman–Crippen MR) is 106 cm³/mol. The van der Waals surface area contributed by atoms with E-state index in [1.165, 1.54) is 6.08 Å². The topological polar surface area (TPSA) is 25.9 Å². The van der Waals surface area contributed by atoms with Crippen molar-refractivity contribution in [2.75, 3.05) is 0 Å². The third-order valence-electron chi connectivity index (χ3n) is 5.31. The van der Waals surface area contributed by atoms with Gasteiger partial charge in [-0.3, -0.25) is 21.0 Å². The molecule has 0 saturated carbocycles. The Morgan fingerprint density at radius 1 is 0.741 bits per heavy atom. The Morgan fingerprint density at radius 2 is 1.26 bits per heavy atom. The summed E-state index contributed by atoms with van der Waals surface area (Å²) in [7, 11) is 0. The number of aromatic nitrogens is 2. The molecule has 27 heavy (non-hydrogen) atoms. The van der Waals surface area contributed by atoms with Crippen molar-refractivity contribution in [3.05, 3.63) is 89.4 Å². The Labute approximate surface area is 166 Å². The van der Waals surface area contributed by atoms with E-state index in [9.17, 15) is 4.79 Å². The van der Waals surface area contributed by atoms with E-state index in [1.807, 2.05) is 34.7 Å². The molecule has 6 aromatic rings. The van der Waals surface area contributed by atoms with Gasteiger partial charge in [0.05, 0.1) is 16.6 Å². The first-order chi connectivity index (χ1) is 12.8. The second-order valence-corrected chi connectivity index (χ2v) is 6.55. The van der Waals surface area contributed by atoms with E-state index in [4.69, 9.17) is 6.58 Å². The van der Waals surface area contributed by atoms with Crippen LogP contribution in [0.15, 0.2) is 65.5 Å². The van der Waals surface area contributed by atoms with Crippen molar-refractivity contribution in [1.29, 1.82) is 0 Å². The molecule has 3 aromatic heterocycles. The number of nitrogens with zero attached hydrogens (tertiary/aromatic N) is 2. The van der Waals surface area contributed by atoms with Crippen LogP contribution in [-0.4, -0.2) is 8.80 Å². The van der Waals surface area contributed by atoms with Crippen molar-refractivity contribution < 1.29 is 18.6 Å². The normalized spacial score (nSPS) is 11.7. The van der Waals surface area contributed by atoms with E-state index in [1.54, 1.807) is 4.40 Å². The molecule has 3 nitrogen and oxygen atoms in total. The van der Waals surface area contributed by atoms with Crippen molar-refractivity contribution in [3.8, 4) is 0 Å². The van der Waals surface area contributed by atoms with Crippen LogP contribution in [0, 0.1) is 12.6 Å². The van der Waals surface area contributed by atoms with Gasteiger partial charge in [0.25, 0.3) is 0 Å². The fourth-order valence-electron chi connectivity index (χ4n) is 4.30. The molecule has 0 saturated heterocycles. The maximum Gasteiger partial charge on any atom is 2.00 e. The third kappa shape index (κ3) is 1.85. The van der Waals surface area contributed by atoms with Crippen LogP contribution in [0.1, 0.15) is 5.69 Å². The van der Waals surface area contributed by atoms with Gasteiger partial charge in [-0.15, -0.1) is 0 Å². The molecule has 0 unspecified atom stereocenters. The molecule has 0 aliphatic rings. The fourth-order valence-corrected chi connectivity index (χ4v) is 4.30. The zero-order valence-corrected chi connectivity index (χ0v) is 15.6. The van der Waals surface area contributed by atoms with E-state index in [2.05, 4.69) is 36.4 Å². The molecule has 0 aliphatic carbocycles. The molecule has 0 aliphatic heterocycles. The van der Waals surface area contributed by atoms with Gasteiger partial charge in [0, 0.05) is 27.1 Å². The molecule has 0 amide bonds. The van der Waals surface area contributed by atoms with E-state index in [-0.39, 0.29) is 24.1 Å². The van der Waals surface area contributed by atoms with Crippen LogP contribution in [0.4, 0.5) is 0 Å². The van der Waals surface area contributed by atoms with Gasteiger partial charge in [-0.05, 0) is 12.1 Å². The Bertz CT molecular complexity index is 1570. The Morgan fingerprint density at radius 3 is 1.85 bits per heavy atom. The van der Waals surface area contributed by atoms with Crippen molar-refractivity contribution in [2.45, 2.75) is 0 Å². The minimum absolute atomic E-state index is 0. The molecule has 0 N–H and O–H groups in total. The van der Waals surface area contributed by atoms with Gasteiger partial charge in [0.1, 0.15) is 5.56 Å². The van der Waals surface area contributed by atoms with Crippen LogP contribution in [0.3, 0.4) is 0 Å². The summed E-state index contributed by atoms with van der Waals surface area (Å²) in [5.74, 6) is 0. The first-order valence-corrected chi connectivity index (χ1v) is 8.48. The Balaban J connectivity index is 0.00000160. The minimum Gasteiger partial charge on any atom is -0.424 e. The average molecular weight is 383 g/mol. The summed E-state index contributed by atoms with van der Waals surface area (Å²) in [5, 5.41) is 4.37. The van der Waals surface area contributed by atoms with Crippen LogP contribution in [-0.2, 0) is 18.6 Å². The van der Waals surface area contributed by atoms with E-state index < -0.39 is 0 Å². The summed E-state index contributed by atoms with van der Waals surface area (Å²) >= 11 is 0. The van der Waals surface area contributed by atoms with Gasteiger partial charge in [-0.2, -0.15) is 0 Å². The molecular formula is C23H12N2OV. The number of hydrogen-bond donors (Lipinski definition) is 0. The van der Waals surface area contributed by atoms with Gasteiger partial charge in [-0.25, -0.2) is 0 Å². The third-order valence-corrected chi connectivity index (χ3v) is 5.31. The largest absolute Gasteiger partial charge is 2.00 e. The number of fused-ring (bicyclic) bond motifs is 6. The molecule has 1 radical (unpaired) electrons. The standard InChI is InChI=1S/C23H12N2O.V/c1-2-14-13-21(26)25-20-10-6-4-8-16(20)18-12-11-17-15-7-3-5-9-19(15)24(14)22(17)23(18)25;/h1-12H;/q-2;+2. The molecule has 0 spiro atoms. The van der Waals surface area contributed by atoms with Crippen LogP contribution in [0.25, 0.3) is 49.7 Å². The van der Waals surface area contributed by atoms with Gasteiger partial charge in [-0.1, -0.05) is 48.5 Å². The number of para-hydroxylation sites is 2. The summed E-state index contributed by atoms with van der Waals surface area (Å²) in [6.07, 6.45) is 1.46. The maximum atomic E-state index is 13.1. The fraction of sp³-hybridized carbons (Fsp3) is 0. The molecule has 3 aromatic carbocycles. The van der Waals surface area contributed by atoms with Gasteiger partial charge < -0.3 is 17.1 Å². The zero-order valence-electron chi connectivity index (χ0n) is 14.2. The zero-order chi connectivity index (χ0) is 17.4. The summed E-state index contributed by atoms with van der Waals surface area (Å²) in [6, 6.07) is 23.4. The summed E-state index contributed by atoms with van der Waals surface area (Å²) in [5.41, 5.74) is 4.19. The smallest absolute Gasteiger partial charge is 0.424 e. The van der Waals surface area contributed by atoms with Crippen LogP contribution in [0.5, 0.6) is 0 Å². The number of benzene rings is 3. The number of rotatable bonds is 1. The SMILES string of the molecule is [CH-]=Cc1[c-]c(=O)n2c3ccccc3c3ccc4c5ccccc5n1c4c32.[V+2]. The molecule has 0 atom stereocenters. The monoisotopic (exact) mass is 383 g/mol. The summed E-state index contributed by atoms with van der Waals surface area (Å²) in [4.78, 5) is 13.1. The van der Waals surface area contributed by atoms with Crippen LogP contribution < -0.4 is 5.56 Å². The second kappa shape index (κ2) is 5.49. The van der Waals surface area contributed by atoms with Gasteiger partial charge >= 0.3 is 18.6 Å². The molecule has 4 heteroatoms. The molecule has 125 valence electrons. The Hall–Kier alpha value is -3.01. The van der Waals surface area contributed by atoms with Gasteiger partial charge in [0.15, 0.2) is 0 Å². The summed E-state index contributed by atoms with van der Waals surface area (Å²) < 4.78 is 3.81. The van der Waals surface area contributed by atoms with Gasteiger partial charge in [0.2, 0.25) is 0 Å². The first-order valence-electron chi connectivity index (χ1n) is 8.48. The molecular weight excluding hydrogens is 371 g/mol. The van der Waals surface area contributed by atoms with Crippen molar-refractivity contribution in [2.24, 2.45) is 0 Å². The quantitative estimate of drug-likeness (QED) is 0.378. The average Bonchev–Trinajstić information content (AvgIpc) is 3.14. The van der Waals surface area contributed by atoms with Crippen molar-refractivity contribution in [3.63, 3.8) is 0 Å². The first kappa shape index (κ1) is 16.2. The second-order valence-electron chi connectivity index (χ2n) is 6.55. The summed E-state index contributed by atoms with van der Waals surface area (Å²) in [6.45, 7) is 5.90. The van der Waals surface area contributed by atoms with Crippen LogP contribution >= 0.6 is 0 Å². The van der Waals surface area contributed by atoms with E-state index >= 15 is 0 Å². The van der Waals surface area contributed by atoms with E-state index in [0.29, 0.717) is 5.69 Å². The predicted octanol–water partition coefficient (Wildman–Crippen LogP) is 4.69. The number of hydrogen-bond acceptors (Lipinski definition) is 1. The maximum absolute atomic E-state index is 13.1. The van der Waals surface area contributed by atoms with Crippen LogP contribution in [0.2, 0.25) is 0 Å². The Kier molecular flexibility index (Phi) is 3.29. The molecule has 6 rings (SSSR count). The van der Waals surface area contributed by atoms with Crippen molar-refractivity contribution in [1.82, 2.24) is 8.80 Å². The molecule has 0 bridgehead atoms. The molecule has 3 heterocycles. The minimum atomic E-state index is -0.201.